The van der Waals surface area contributed by atoms with Gasteiger partial charge in [0.15, 0.2) is 0 Å². The van der Waals surface area contributed by atoms with E-state index < -0.39 is 0 Å². The van der Waals surface area contributed by atoms with Gasteiger partial charge in [-0.25, -0.2) is 0 Å². The molecule has 0 bridgehead atoms. The highest BCUT2D eigenvalue weighted by atomic mass is 16.5. The second-order valence-corrected chi connectivity index (χ2v) is 4.52. The molecule has 1 aromatic heterocycles. The van der Waals surface area contributed by atoms with Crippen molar-refractivity contribution in [2.45, 2.75) is 20.4 Å². The number of fused-ring (bicyclic) bond motifs is 1. The zero-order chi connectivity index (χ0) is 13.0. The first kappa shape index (κ1) is 13.1. The van der Waals surface area contributed by atoms with Crippen LogP contribution in [0.15, 0.2) is 24.3 Å². The van der Waals surface area contributed by atoms with Gasteiger partial charge in [-0.05, 0) is 25.5 Å². The van der Waals surface area contributed by atoms with Crippen molar-refractivity contribution in [3.63, 3.8) is 0 Å². The molecular weight excluding hydrogens is 224 g/mol. The monoisotopic (exact) mass is 246 g/mol. The molecule has 1 aromatic carbocycles. The lowest BCUT2D eigenvalue weighted by molar-refractivity contribution is 0.149. The fourth-order valence-corrected chi connectivity index (χ4v) is 2.38. The molecule has 0 aliphatic rings. The van der Waals surface area contributed by atoms with Gasteiger partial charge in [0.2, 0.25) is 0 Å². The lowest BCUT2D eigenvalue weighted by Crippen LogP contribution is -2.21. The molecule has 3 heteroatoms. The molecule has 2 aromatic rings. The Bertz CT molecular complexity index is 477. The van der Waals surface area contributed by atoms with Crippen LogP contribution in [0.2, 0.25) is 0 Å². The zero-order valence-corrected chi connectivity index (χ0v) is 11.5. The quantitative estimate of drug-likeness (QED) is 0.793. The minimum Gasteiger partial charge on any atom is -0.380 e. The summed E-state index contributed by atoms with van der Waals surface area (Å²) in [6.45, 7) is 7.57. The SMILES string of the molecule is CCOCCNCc1c(C)c2ccccc2n1C. The first-order chi connectivity index (χ1) is 8.75. The van der Waals surface area contributed by atoms with Crippen LogP contribution in [-0.4, -0.2) is 24.3 Å². The average Bonchev–Trinajstić information content (AvgIpc) is 2.64. The van der Waals surface area contributed by atoms with Crippen molar-refractivity contribution in [1.29, 1.82) is 0 Å². The van der Waals surface area contributed by atoms with E-state index in [2.05, 4.69) is 48.1 Å². The molecule has 0 saturated heterocycles. The lowest BCUT2D eigenvalue weighted by atomic mass is 10.1. The number of benzene rings is 1. The van der Waals surface area contributed by atoms with E-state index in [0.717, 1.165) is 26.3 Å². The van der Waals surface area contributed by atoms with E-state index >= 15 is 0 Å². The Morgan fingerprint density at radius 2 is 2.06 bits per heavy atom. The van der Waals surface area contributed by atoms with Crippen LogP contribution in [0.5, 0.6) is 0 Å². The van der Waals surface area contributed by atoms with E-state index in [1.807, 2.05) is 6.92 Å². The minimum atomic E-state index is 0.777. The molecule has 3 nitrogen and oxygen atoms in total. The molecule has 98 valence electrons. The third kappa shape index (κ3) is 2.57. The largest absolute Gasteiger partial charge is 0.380 e. The Balaban J connectivity index is 2.08. The van der Waals surface area contributed by atoms with Gasteiger partial charge in [-0.3, -0.25) is 0 Å². The number of aryl methyl sites for hydroxylation is 2. The molecule has 0 saturated carbocycles. The first-order valence-electron chi connectivity index (χ1n) is 6.57. The van der Waals surface area contributed by atoms with Crippen molar-refractivity contribution in [2.75, 3.05) is 19.8 Å². The Morgan fingerprint density at radius 1 is 1.28 bits per heavy atom. The highest BCUT2D eigenvalue weighted by Crippen LogP contribution is 2.23. The van der Waals surface area contributed by atoms with E-state index in [4.69, 9.17) is 4.74 Å². The Labute approximate surface area is 109 Å². The summed E-state index contributed by atoms with van der Waals surface area (Å²) in [5.41, 5.74) is 4.03. The fraction of sp³-hybridized carbons (Fsp3) is 0.467. The number of nitrogens with one attached hydrogen (secondary N) is 1. The van der Waals surface area contributed by atoms with E-state index in [1.54, 1.807) is 0 Å². The van der Waals surface area contributed by atoms with E-state index in [9.17, 15) is 0 Å². The van der Waals surface area contributed by atoms with Crippen molar-refractivity contribution >= 4 is 10.9 Å². The molecule has 1 heterocycles. The summed E-state index contributed by atoms with van der Waals surface area (Å²) in [6.07, 6.45) is 0. The van der Waals surface area contributed by atoms with Crippen LogP contribution in [0.3, 0.4) is 0 Å². The smallest absolute Gasteiger partial charge is 0.0590 e. The molecule has 0 amide bonds. The summed E-state index contributed by atoms with van der Waals surface area (Å²) < 4.78 is 7.60. The summed E-state index contributed by atoms with van der Waals surface area (Å²) in [6, 6.07) is 8.55. The molecule has 0 fully saturated rings. The Kier molecular flexibility index (Phi) is 4.39. The predicted octanol–water partition coefficient (Wildman–Crippen LogP) is 2.61. The van der Waals surface area contributed by atoms with Gasteiger partial charge in [0.1, 0.15) is 0 Å². The third-order valence-corrected chi connectivity index (χ3v) is 3.43. The molecule has 0 aliphatic heterocycles. The summed E-state index contributed by atoms with van der Waals surface area (Å²) >= 11 is 0. The second-order valence-electron chi connectivity index (χ2n) is 4.52. The molecule has 18 heavy (non-hydrogen) atoms. The van der Waals surface area contributed by atoms with Crippen molar-refractivity contribution in [2.24, 2.45) is 7.05 Å². The van der Waals surface area contributed by atoms with Gasteiger partial charge in [-0.1, -0.05) is 18.2 Å². The van der Waals surface area contributed by atoms with Gasteiger partial charge in [0, 0.05) is 43.3 Å². The zero-order valence-electron chi connectivity index (χ0n) is 11.5. The van der Waals surface area contributed by atoms with Gasteiger partial charge in [0.25, 0.3) is 0 Å². The Morgan fingerprint density at radius 3 is 2.78 bits per heavy atom. The summed E-state index contributed by atoms with van der Waals surface area (Å²) in [5, 5.41) is 4.78. The molecule has 0 atom stereocenters. The summed E-state index contributed by atoms with van der Waals surface area (Å²) in [5.74, 6) is 0. The van der Waals surface area contributed by atoms with Gasteiger partial charge >= 0.3 is 0 Å². The maximum atomic E-state index is 5.32. The molecule has 0 radical (unpaired) electrons. The standard InChI is InChI=1S/C15H22N2O/c1-4-18-10-9-16-11-15-12(2)13-7-5-6-8-14(13)17(15)3/h5-8,16H,4,9-11H2,1-3H3. The maximum absolute atomic E-state index is 5.32. The molecular formula is C15H22N2O. The van der Waals surface area contributed by atoms with Crippen LogP contribution in [0.4, 0.5) is 0 Å². The number of ether oxygens (including phenoxy) is 1. The number of rotatable bonds is 6. The average molecular weight is 246 g/mol. The van der Waals surface area contributed by atoms with Crippen molar-refractivity contribution in [1.82, 2.24) is 9.88 Å². The van der Waals surface area contributed by atoms with Gasteiger partial charge in [0.05, 0.1) is 6.61 Å². The normalized spacial score (nSPS) is 11.3. The highest BCUT2D eigenvalue weighted by molar-refractivity contribution is 5.85. The summed E-state index contributed by atoms with van der Waals surface area (Å²) in [7, 11) is 2.13. The molecule has 1 N–H and O–H groups in total. The number of hydrogen-bond donors (Lipinski definition) is 1. The summed E-state index contributed by atoms with van der Waals surface area (Å²) in [4.78, 5) is 0. The van der Waals surface area contributed by atoms with Crippen molar-refractivity contribution in [3.05, 3.63) is 35.5 Å². The molecule has 0 spiro atoms. The van der Waals surface area contributed by atoms with E-state index in [1.165, 1.54) is 22.2 Å². The Hall–Kier alpha value is -1.32. The van der Waals surface area contributed by atoms with Crippen LogP contribution in [0, 0.1) is 6.92 Å². The first-order valence-corrected chi connectivity index (χ1v) is 6.57. The van der Waals surface area contributed by atoms with E-state index in [-0.39, 0.29) is 0 Å². The minimum absolute atomic E-state index is 0.777. The number of para-hydroxylation sites is 1. The second kappa shape index (κ2) is 6.03. The highest BCUT2D eigenvalue weighted by Gasteiger charge is 2.10. The van der Waals surface area contributed by atoms with Crippen molar-refractivity contribution < 1.29 is 4.74 Å². The van der Waals surface area contributed by atoms with Gasteiger partial charge in [-0.2, -0.15) is 0 Å². The molecule has 2 rings (SSSR count). The molecule has 0 unspecified atom stereocenters. The number of aromatic nitrogens is 1. The van der Waals surface area contributed by atoms with Crippen molar-refractivity contribution in [3.8, 4) is 0 Å². The fourth-order valence-electron chi connectivity index (χ4n) is 2.38. The van der Waals surface area contributed by atoms with Crippen LogP contribution in [-0.2, 0) is 18.3 Å². The van der Waals surface area contributed by atoms with Gasteiger partial charge < -0.3 is 14.6 Å². The van der Waals surface area contributed by atoms with Crippen LogP contribution < -0.4 is 5.32 Å². The number of nitrogens with zero attached hydrogens (tertiary/aromatic N) is 1. The van der Waals surface area contributed by atoms with Crippen LogP contribution in [0.1, 0.15) is 18.2 Å². The van der Waals surface area contributed by atoms with E-state index in [0.29, 0.717) is 0 Å². The topological polar surface area (TPSA) is 26.2 Å². The predicted molar refractivity (Wildman–Crippen MR) is 75.9 cm³/mol. The third-order valence-electron chi connectivity index (χ3n) is 3.43. The van der Waals surface area contributed by atoms with Gasteiger partial charge in [-0.15, -0.1) is 0 Å². The van der Waals surface area contributed by atoms with Crippen LogP contribution in [0.25, 0.3) is 10.9 Å². The molecule has 0 aliphatic carbocycles. The number of hydrogen-bond acceptors (Lipinski definition) is 2. The lowest BCUT2D eigenvalue weighted by Gasteiger charge is -2.08. The maximum Gasteiger partial charge on any atom is 0.0590 e. The van der Waals surface area contributed by atoms with Crippen LogP contribution >= 0.6 is 0 Å².